The van der Waals surface area contributed by atoms with E-state index in [9.17, 15) is 5.26 Å². The summed E-state index contributed by atoms with van der Waals surface area (Å²) in [5.74, 6) is 2.33. The molecule has 1 aromatic carbocycles. The molecule has 0 radical (unpaired) electrons. The number of hydrogen-bond donors (Lipinski definition) is 1. The SMILES string of the molecule is C=C/C(=C\N=C(\c1ccc(C#N)cc1O/C(C)=C/C(=N\C(C)=C(/C)CC)NC1CC1)C(C)CC)CCC. The minimum absolute atomic E-state index is 0.210. The standard InChI is InChI=1S/C32H44N4O/c1-9-13-26(12-4)21-34-32(23(6)11-3)29-17-14-27(20-33)19-30(29)37-24(7)18-31(36-28-15-16-28)35-25(8)22(5)10-2/h12,14,17-19,21,23,28H,4,9-11,13,15-16H2,1-3,5-8H3,(H,35,36)/b24-18+,25-22+,26-21+,34-32+. The Bertz CT molecular complexity index is 1140. The van der Waals surface area contributed by atoms with Gasteiger partial charge in [-0.3, -0.25) is 4.99 Å². The molecular formula is C32H44N4O. The van der Waals surface area contributed by atoms with Gasteiger partial charge in [-0.1, -0.05) is 52.3 Å². The number of nitriles is 1. The van der Waals surface area contributed by atoms with E-state index in [1.165, 1.54) is 5.57 Å². The van der Waals surface area contributed by atoms with Crippen molar-refractivity contribution in [2.24, 2.45) is 15.9 Å². The van der Waals surface area contributed by atoms with Gasteiger partial charge in [0, 0.05) is 29.6 Å². The number of ether oxygens (including phenoxy) is 1. The smallest absolute Gasteiger partial charge is 0.137 e. The summed E-state index contributed by atoms with van der Waals surface area (Å²) in [4.78, 5) is 9.77. The Kier molecular flexibility index (Phi) is 12.1. The van der Waals surface area contributed by atoms with Crippen LogP contribution in [0.5, 0.6) is 5.75 Å². The van der Waals surface area contributed by atoms with Crippen molar-refractivity contribution < 1.29 is 4.74 Å². The normalized spacial score (nSPS) is 16.6. The number of amidine groups is 1. The fourth-order valence-corrected chi connectivity index (χ4v) is 3.67. The molecule has 1 unspecified atom stereocenters. The molecule has 1 saturated carbocycles. The predicted molar refractivity (Wildman–Crippen MR) is 157 cm³/mol. The van der Waals surface area contributed by atoms with Crippen molar-refractivity contribution >= 4 is 11.5 Å². The molecule has 0 bridgehead atoms. The van der Waals surface area contributed by atoms with Gasteiger partial charge in [0.1, 0.15) is 17.3 Å². The van der Waals surface area contributed by atoms with Gasteiger partial charge >= 0.3 is 0 Å². The van der Waals surface area contributed by atoms with Gasteiger partial charge < -0.3 is 10.1 Å². The summed E-state index contributed by atoms with van der Waals surface area (Å²) in [6.45, 7) is 18.6. The summed E-state index contributed by atoms with van der Waals surface area (Å²) in [6, 6.07) is 8.28. The minimum Gasteiger partial charge on any atom is -0.461 e. The lowest BCUT2D eigenvalue weighted by atomic mass is 9.94. The third kappa shape index (κ3) is 9.53. The van der Waals surface area contributed by atoms with Crippen LogP contribution in [-0.2, 0) is 0 Å². The molecule has 0 saturated heterocycles. The Morgan fingerprint density at radius 2 is 1.97 bits per heavy atom. The van der Waals surface area contributed by atoms with Crippen molar-refractivity contribution in [1.82, 2.24) is 5.32 Å². The van der Waals surface area contributed by atoms with Crippen LogP contribution in [-0.4, -0.2) is 17.6 Å². The second-order valence-corrected chi connectivity index (χ2v) is 9.80. The van der Waals surface area contributed by atoms with Gasteiger partial charge in [0.05, 0.1) is 17.3 Å². The Hall–Kier alpha value is -3.39. The van der Waals surface area contributed by atoms with Crippen molar-refractivity contribution in [3.63, 3.8) is 0 Å². The largest absolute Gasteiger partial charge is 0.461 e. The lowest BCUT2D eigenvalue weighted by Gasteiger charge is -2.18. The van der Waals surface area contributed by atoms with E-state index in [1.807, 2.05) is 44.3 Å². The summed E-state index contributed by atoms with van der Waals surface area (Å²) in [7, 11) is 0. The zero-order chi connectivity index (χ0) is 27.4. The van der Waals surface area contributed by atoms with Gasteiger partial charge in [0.15, 0.2) is 0 Å². The average molecular weight is 501 g/mol. The Morgan fingerprint density at radius 3 is 2.54 bits per heavy atom. The van der Waals surface area contributed by atoms with Crippen LogP contribution in [0.1, 0.15) is 98.1 Å². The van der Waals surface area contributed by atoms with Crippen LogP contribution in [0, 0.1) is 17.2 Å². The summed E-state index contributed by atoms with van der Waals surface area (Å²) in [5.41, 5.74) is 5.76. The van der Waals surface area contributed by atoms with Crippen molar-refractivity contribution in [2.45, 2.75) is 93.0 Å². The van der Waals surface area contributed by atoms with Crippen molar-refractivity contribution in [1.29, 1.82) is 5.26 Å². The highest BCUT2D eigenvalue weighted by molar-refractivity contribution is 6.05. The fourth-order valence-electron chi connectivity index (χ4n) is 3.67. The molecule has 1 aliphatic rings. The number of nitrogens with zero attached hydrogens (tertiary/aromatic N) is 3. The first-order valence-corrected chi connectivity index (χ1v) is 13.6. The molecule has 37 heavy (non-hydrogen) atoms. The Balaban J connectivity index is 2.53. The lowest BCUT2D eigenvalue weighted by molar-refractivity contribution is 0.427. The average Bonchev–Trinajstić information content (AvgIpc) is 3.71. The van der Waals surface area contributed by atoms with Crippen LogP contribution in [0.25, 0.3) is 0 Å². The molecule has 1 atom stereocenters. The summed E-state index contributed by atoms with van der Waals surface area (Å²) in [6.07, 6.45) is 11.9. The van der Waals surface area contributed by atoms with Gasteiger partial charge in [0.25, 0.3) is 0 Å². The van der Waals surface area contributed by atoms with Gasteiger partial charge in [-0.15, -0.1) is 0 Å². The first-order valence-electron chi connectivity index (χ1n) is 13.6. The van der Waals surface area contributed by atoms with Gasteiger partial charge in [-0.25, -0.2) is 4.99 Å². The number of benzene rings is 1. The monoisotopic (exact) mass is 500 g/mol. The van der Waals surface area contributed by atoms with Crippen LogP contribution in [0.15, 0.2) is 75.7 Å². The molecule has 1 N–H and O–H groups in total. The van der Waals surface area contributed by atoms with E-state index >= 15 is 0 Å². The van der Waals surface area contributed by atoms with Gasteiger partial charge in [-0.05, 0) is 82.6 Å². The van der Waals surface area contributed by atoms with E-state index in [2.05, 4.69) is 52.6 Å². The van der Waals surface area contributed by atoms with E-state index < -0.39 is 0 Å². The first kappa shape index (κ1) is 29.8. The van der Waals surface area contributed by atoms with E-state index in [0.29, 0.717) is 23.1 Å². The molecule has 198 valence electrons. The molecule has 5 nitrogen and oxygen atoms in total. The zero-order valence-electron chi connectivity index (χ0n) is 23.8. The molecule has 0 amide bonds. The summed E-state index contributed by atoms with van der Waals surface area (Å²) < 4.78 is 6.40. The second-order valence-electron chi connectivity index (χ2n) is 9.80. The maximum Gasteiger partial charge on any atom is 0.137 e. The summed E-state index contributed by atoms with van der Waals surface area (Å²) in [5, 5.41) is 13.1. The number of aliphatic imine (C=N–C) groups is 2. The Morgan fingerprint density at radius 1 is 1.24 bits per heavy atom. The van der Waals surface area contributed by atoms with Crippen LogP contribution in [0.3, 0.4) is 0 Å². The molecule has 2 rings (SSSR count). The molecule has 1 aromatic rings. The fraction of sp³-hybridized carbons (Fsp3) is 0.469. The van der Waals surface area contributed by atoms with Gasteiger partial charge in [0.2, 0.25) is 0 Å². The van der Waals surface area contributed by atoms with Crippen molar-refractivity contribution in [3.8, 4) is 11.8 Å². The predicted octanol–water partition coefficient (Wildman–Crippen LogP) is 8.40. The van der Waals surface area contributed by atoms with E-state index in [0.717, 1.165) is 66.9 Å². The highest BCUT2D eigenvalue weighted by atomic mass is 16.5. The molecule has 0 aliphatic heterocycles. The number of hydrogen-bond acceptors (Lipinski definition) is 4. The van der Waals surface area contributed by atoms with Crippen LogP contribution < -0.4 is 10.1 Å². The highest BCUT2D eigenvalue weighted by Crippen LogP contribution is 2.28. The van der Waals surface area contributed by atoms with Crippen LogP contribution in [0.4, 0.5) is 0 Å². The van der Waals surface area contributed by atoms with E-state index in [4.69, 9.17) is 14.7 Å². The molecule has 0 heterocycles. The number of rotatable bonds is 13. The minimum atomic E-state index is 0.210. The third-order valence-electron chi connectivity index (χ3n) is 6.61. The second kappa shape index (κ2) is 15.0. The third-order valence-corrected chi connectivity index (χ3v) is 6.61. The quantitative estimate of drug-likeness (QED) is 0.128. The highest BCUT2D eigenvalue weighted by Gasteiger charge is 2.22. The van der Waals surface area contributed by atoms with Crippen LogP contribution >= 0.6 is 0 Å². The lowest BCUT2D eigenvalue weighted by Crippen LogP contribution is -2.24. The molecule has 0 aromatic heterocycles. The molecule has 1 fully saturated rings. The number of allylic oxidation sites excluding steroid dienone is 5. The van der Waals surface area contributed by atoms with Crippen molar-refractivity contribution in [2.75, 3.05) is 0 Å². The maximum atomic E-state index is 9.57. The maximum absolute atomic E-state index is 9.57. The molecule has 1 aliphatic carbocycles. The van der Waals surface area contributed by atoms with E-state index in [1.54, 1.807) is 6.07 Å². The topological polar surface area (TPSA) is 69.8 Å². The molecule has 5 heteroatoms. The molecular weight excluding hydrogens is 456 g/mol. The number of nitrogens with one attached hydrogen (secondary N) is 1. The summed E-state index contributed by atoms with van der Waals surface area (Å²) >= 11 is 0. The first-order chi connectivity index (χ1) is 17.8. The Labute approximate surface area is 224 Å². The van der Waals surface area contributed by atoms with E-state index in [-0.39, 0.29) is 5.92 Å². The zero-order valence-corrected chi connectivity index (χ0v) is 23.8. The van der Waals surface area contributed by atoms with Crippen LogP contribution in [0.2, 0.25) is 0 Å². The molecule has 0 spiro atoms. The van der Waals surface area contributed by atoms with Crippen molar-refractivity contribution in [3.05, 3.63) is 76.9 Å². The van der Waals surface area contributed by atoms with Gasteiger partial charge in [-0.2, -0.15) is 5.26 Å².